The van der Waals surface area contributed by atoms with Gasteiger partial charge in [0.2, 0.25) is 5.60 Å². The first-order valence-electron chi connectivity index (χ1n) is 7.64. The normalized spacial score (nSPS) is 13.4. The van der Waals surface area contributed by atoms with Gasteiger partial charge in [-0.05, 0) is 18.2 Å². The van der Waals surface area contributed by atoms with Gasteiger partial charge in [-0.25, -0.2) is 14.4 Å². The number of rotatable bonds is 4. The Morgan fingerprint density at radius 1 is 1.04 bits per heavy atom. The summed E-state index contributed by atoms with van der Waals surface area (Å²) in [7, 11) is 0. The summed E-state index contributed by atoms with van der Waals surface area (Å²) in [5, 5.41) is 20.0. The SMILES string of the molecule is N#CC(O)(c1cncnc1)c1ccc(-c2ccc(OC(F)(F)F)cc2F)cn1. The van der Waals surface area contributed by atoms with Crippen LogP contribution in [0.25, 0.3) is 11.1 Å². The molecule has 0 saturated carbocycles. The number of alkyl halides is 3. The first kappa shape index (κ1) is 19.2. The summed E-state index contributed by atoms with van der Waals surface area (Å²) in [6.45, 7) is 0. The van der Waals surface area contributed by atoms with Gasteiger partial charge in [-0.3, -0.25) is 4.98 Å². The Bertz CT molecular complexity index is 1020. The van der Waals surface area contributed by atoms with Gasteiger partial charge in [-0.1, -0.05) is 6.07 Å². The summed E-state index contributed by atoms with van der Waals surface area (Å²) >= 11 is 0. The molecule has 10 heteroatoms. The topological polar surface area (TPSA) is 91.9 Å². The van der Waals surface area contributed by atoms with Crippen LogP contribution in [0.5, 0.6) is 5.75 Å². The number of pyridine rings is 1. The highest BCUT2D eigenvalue weighted by Crippen LogP contribution is 2.31. The molecule has 3 rings (SSSR count). The van der Waals surface area contributed by atoms with E-state index in [1.165, 1.54) is 37.1 Å². The van der Waals surface area contributed by atoms with Crippen LogP contribution in [-0.2, 0) is 5.60 Å². The predicted molar refractivity (Wildman–Crippen MR) is 87.0 cm³/mol. The largest absolute Gasteiger partial charge is 0.573 e. The number of halogens is 4. The molecule has 2 heterocycles. The summed E-state index contributed by atoms with van der Waals surface area (Å²) in [4.78, 5) is 11.5. The van der Waals surface area contributed by atoms with Crippen molar-refractivity contribution < 1.29 is 27.4 Å². The molecule has 0 amide bonds. The van der Waals surface area contributed by atoms with Crippen LogP contribution in [0.15, 0.2) is 55.2 Å². The molecule has 1 N–H and O–H groups in total. The number of hydrogen-bond donors (Lipinski definition) is 1. The Hall–Kier alpha value is -3.58. The van der Waals surface area contributed by atoms with E-state index in [1.54, 1.807) is 6.07 Å². The van der Waals surface area contributed by atoms with Gasteiger partial charge in [-0.15, -0.1) is 13.2 Å². The molecule has 1 atom stereocenters. The second kappa shape index (κ2) is 7.21. The molecule has 0 spiro atoms. The molecule has 0 radical (unpaired) electrons. The van der Waals surface area contributed by atoms with E-state index in [-0.39, 0.29) is 22.4 Å². The van der Waals surface area contributed by atoms with E-state index < -0.39 is 23.5 Å². The summed E-state index contributed by atoms with van der Waals surface area (Å²) in [5.74, 6) is -1.65. The van der Waals surface area contributed by atoms with Crippen molar-refractivity contribution in [3.8, 4) is 22.9 Å². The van der Waals surface area contributed by atoms with Crippen molar-refractivity contribution in [3.05, 3.63) is 72.3 Å². The van der Waals surface area contributed by atoms with Crippen molar-refractivity contribution >= 4 is 0 Å². The maximum absolute atomic E-state index is 14.2. The standard InChI is InChI=1S/C18H10F4N4O2/c19-15-5-13(28-18(20,21)22)2-3-14(15)11-1-4-16(26-6-11)17(27,9-23)12-7-24-10-25-8-12/h1-8,10,27H. The number of aliphatic hydroxyl groups is 1. The third kappa shape index (κ3) is 3.89. The fourth-order valence-electron chi connectivity index (χ4n) is 2.45. The third-order valence-corrected chi connectivity index (χ3v) is 3.76. The Labute approximate surface area is 155 Å². The van der Waals surface area contributed by atoms with Crippen LogP contribution in [0, 0.1) is 17.1 Å². The Balaban J connectivity index is 1.92. The van der Waals surface area contributed by atoms with Gasteiger partial charge < -0.3 is 9.84 Å². The molecular formula is C18H10F4N4O2. The third-order valence-electron chi connectivity index (χ3n) is 3.76. The number of nitrogens with zero attached hydrogens (tertiary/aromatic N) is 4. The van der Waals surface area contributed by atoms with E-state index in [4.69, 9.17) is 0 Å². The van der Waals surface area contributed by atoms with Gasteiger partial charge in [0, 0.05) is 41.3 Å². The molecule has 0 aliphatic heterocycles. The number of ether oxygens (including phenoxy) is 1. The second-order valence-electron chi connectivity index (χ2n) is 5.57. The predicted octanol–water partition coefficient (Wildman–Crippen LogP) is 3.34. The van der Waals surface area contributed by atoms with Crippen molar-refractivity contribution in [2.24, 2.45) is 0 Å². The van der Waals surface area contributed by atoms with Crippen LogP contribution >= 0.6 is 0 Å². The van der Waals surface area contributed by atoms with E-state index >= 15 is 0 Å². The minimum atomic E-state index is -4.93. The van der Waals surface area contributed by atoms with Gasteiger partial charge in [0.15, 0.2) is 0 Å². The fraction of sp³-hybridized carbons (Fsp3) is 0.111. The first-order valence-corrected chi connectivity index (χ1v) is 7.64. The van der Waals surface area contributed by atoms with E-state index in [0.29, 0.717) is 6.07 Å². The van der Waals surface area contributed by atoms with Crippen molar-refractivity contribution in [3.63, 3.8) is 0 Å². The Kier molecular flexibility index (Phi) is 4.94. The molecule has 0 saturated heterocycles. The maximum Gasteiger partial charge on any atom is 0.573 e. The lowest BCUT2D eigenvalue weighted by Crippen LogP contribution is -2.26. The van der Waals surface area contributed by atoms with Crippen molar-refractivity contribution in [1.29, 1.82) is 5.26 Å². The zero-order valence-corrected chi connectivity index (χ0v) is 13.9. The molecule has 1 unspecified atom stereocenters. The van der Waals surface area contributed by atoms with Crippen LogP contribution in [-0.4, -0.2) is 26.4 Å². The molecule has 28 heavy (non-hydrogen) atoms. The van der Waals surface area contributed by atoms with E-state index in [2.05, 4.69) is 19.7 Å². The van der Waals surface area contributed by atoms with Crippen LogP contribution in [0.3, 0.4) is 0 Å². The molecule has 0 aliphatic carbocycles. The summed E-state index contributed by atoms with van der Waals surface area (Å²) < 4.78 is 54.5. The summed E-state index contributed by atoms with van der Waals surface area (Å²) in [5.41, 5.74) is -1.88. The monoisotopic (exact) mass is 390 g/mol. The van der Waals surface area contributed by atoms with E-state index in [0.717, 1.165) is 12.1 Å². The number of benzene rings is 1. The number of hydrogen-bond acceptors (Lipinski definition) is 6. The summed E-state index contributed by atoms with van der Waals surface area (Å²) in [6.07, 6.45) is -0.00727. The average molecular weight is 390 g/mol. The molecule has 2 aromatic heterocycles. The number of aromatic nitrogens is 3. The van der Waals surface area contributed by atoms with Crippen LogP contribution in [0.4, 0.5) is 17.6 Å². The van der Waals surface area contributed by atoms with Crippen LogP contribution < -0.4 is 4.74 Å². The van der Waals surface area contributed by atoms with Gasteiger partial charge >= 0.3 is 6.36 Å². The average Bonchev–Trinajstić information content (AvgIpc) is 2.67. The number of nitriles is 1. The smallest absolute Gasteiger partial charge is 0.406 e. The lowest BCUT2D eigenvalue weighted by Gasteiger charge is -2.19. The van der Waals surface area contributed by atoms with Crippen molar-refractivity contribution in [2.45, 2.75) is 12.0 Å². The van der Waals surface area contributed by atoms with Crippen molar-refractivity contribution in [2.75, 3.05) is 0 Å². The van der Waals surface area contributed by atoms with E-state index in [9.17, 15) is 27.9 Å². The minimum absolute atomic E-state index is 0.0304. The zero-order chi connectivity index (χ0) is 20.4. The molecular weight excluding hydrogens is 380 g/mol. The van der Waals surface area contributed by atoms with Gasteiger partial charge in [-0.2, -0.15) is 5.26 Å². The Morgan fingerprint density at radius 2 is 1.75 bits per heavy atom. The highest BCUT2D eigenvalue weighted by Gasteiger charge is 2.34. The molecule has 0 aliphatic rings. The maximum atomic E-state index is 14.2. The molecule has 0 fully saturated rings. The minimum Gasteiger partial charge on any atom is -0.406 e. The highest BCUT2D eigenvalue weighted by atomic mass is 19.4. The molecule has 1 aromatic carbocycles. The quantitative estimate of drug-likeness (QED) is 0.543. The first-order chi connectivity index (χ1) is 13.2. The molecule has 3 aromatic rings. The highest BCUT2D eigenvalue weighted by molar-refractivity contribution is 5.64. The molecule has 0 bridgehead atoms. The molecule has 6 nitrogen and oxygen atoms in total. The van der Waals surface area contributed by atoms with Crippen LogP contribution in [0.2, 0.25) is 0 Å². The lowest BCUT2D eigenvalue weighted by molar-refractivity contribution is -0.274. The van der Waals surface area contributed by atoms with Crippen LogP contribution in [0.1, 0.15) is 11.3 Å². The van der Waals surface area contributed by atoms with Crippen molar-refractivity contribution in [1.82, 2.24) is 15.0 Å². The Morgan fingerprint density at radius 3 is 2.29 bits per heavy atom. The lowest BCUT2D eigenvalue weighted by atomic mass is 9.93. The second-order valence-corrected chi connectivity index (χ2v) is 5.57. The van der Waals surface area contributed by atoms with Gasteiger partial charge in [0.25, 0.3) is 0 Å². The summed E-state index contributed by atoms with van der Waals surface area (Å²) in [6, 6.07) is 7.07. The fourth-order valence-corrected chi connectivity index (χ4v) is 2.45. The molecule has 142 valence electrons. The van der Waals surface area contributed by atoms with Gasteiger partial charge in [0.1, 0.15) is 24.0 Å². The zero-order valence-electron chi connectivity index (χ0n) is 13.9. The van der Waals surface area contributed by atoms with E-state index in [1.807, 2.05) is 0 Å². The van der Waals surface area contributed by atoms with Gasteiger partial charge in [0.05, 0.1) is 5.69 Å².